The Morgan fingerprint density at radius 3 is 2.64 bits per heavy atom. The fraction of sp³-hybridized carbons (Fsp3) is 0.0909. The summed E-state index contributed by atoms with van der Waals surface area (Å²) in [5, 5.41) is 0. The average Bonchev–Trinajstić information content (AvgIpc) is 2.30. The van der Waals surface area contributed by atoms with E-state index in [0.717, 1.165) is 0 Å². The van der Waals surface area contributed by atoms with E-state index in [4.69, 9.17) is 0 Å². The van der Waals surface area contributed by atoms with Crippen LogP contribution in [-0.2, 0) is 0 Å². The molecule has 1 aromatic rings. The molecule has 0 nitrogen and oxygen atoms in total. The number of fused-ring (bicyclic) bond motifs is 1. The molecule has 0 atom stereocenters. The highest BCUT2D eigenvalue weighted by molar-refractivity contribution is 5.92. The predicted molar refractivity (Wildman–Crippen MR) is 49.1 cm³/mol. The highest BCUT2D eigenvalue weighted by Crippen LogP contribution is 2.32. The molecule has 0 radical (unpaired) electrons. The van der Waals surface area contributed by atoms with Gasteiger partial charge >= 0.3 is 0 Å². The Balaban J connectivity index is 2.67. The Bertz CT molecular complexity index is 343. The molecule has 0 spiro atoms. The minimum Gasteiger partial charge on any atom is -0.0909 e. The molecule has 1 aliphatic carbocycles. The molecule has 0 saturated heterocycles. The van der Waals surface area contributed by atoms with Crippen LogP contribution in [0.1, 0.15) is 18.1 Å². The molecule has 1 aliphatic rings. The van der Waals surface area contributed by atoms with Gasteiger partial charge in [-0.1, -0.05) is 36.9 Å². The summed E-state index contributed by atoms with van der Waals surface area (Å²) in [6, 6.07) is 8.35. The van der Waals surface area contributed by atoms with Crippen molar-refractivity contribution in [2.45, 2.75) is 6.92 Å². The lowest BCUT2D eigenvalue weighted by Crippen LogP contribution is -1.78. The number of hydrogen-bond donors (Lipinski definition) is 0. The Hall–Kier alpha value is -1.30. The molecular weight excluding hydrogens is 132 g/mol. The minimum absolute atomic E-state index is 1.17. The Morgan fingerprint density at radius 2 is 1.91 bits per heavy atom. The van der Waals surface area contributed by atoms with Gasteiger partial charge in [-0.25, -0.2) is 0 Å². The van der Waals surface area contributed by atoms with Crippen LogP contribution < -0.4 is 0 Å². The lowest BCUT2D eigenvalue weighted by Gasteiger charge is -1.98. The van der Waals surface area contributed by atoms with Gasteiger partial charge in [-0.3, -0.25) is 0 Å². The van der Waals surface area contributed by atoms with Crippen LogP contribution in [0.5, 0.6) is 0 Å². The lowest BCUT2D eigenvalue weighted by atomic mass is 10.1. The Morgan fingerprint density at radius 1 is 1.18 bits per heavy atom. The zero-order chi connectivity index (χ0) is 7.84. The average molecular weight is 142 g/mol. The topological polar surface area (TPSA) is 0 Å². The quantitative estimate of drug-likeness (QED) is 0.522. The van der Waals surface area contributed by atoms with E-state index >= 15 is 0 Å². The second-order valence-corrected chi connectivity index (χ2v) is 2.89. The molecule has 0 aromatic heterocycles. The number of hydrogen-bond acceptors (Lipinski definition) is 0. The van der Waals surface area contributed by atoms with Crippen LogP contribution in [0, 0.1) is 0 Å². The van der Waals surface area contributed by atoms with Gasteiger partial charge in [0.1, 0.15) is 0 Å². The van der Waals surface area contributed by atoms with Crippen LogP contribution in [0.2, 0.25) is 0 Å². The van der Waals surface area contributed by atoms with E-state index in [1.165, 1.54) is 22.3 Å². The third-order valence-corrected chi connectivity index (χ3v) is 2.13. The fourth-order valence-electron chi connectivity index (χ4n) is 1.43. The van der Waals surface area contributed by atoms with Gasteiger partial charge in [-0.05, 0) is 29.2 Å². The van der Waals surface area contributed by atoms with Gasteiger partial charge in [0.05, 0.1) is 0 Å². The number of benzene rings is 1. The summed E-state index contributed by atoms with van der Waals surface area (Å²) in [6.07, 6.45) is 2.18. The summed E-state index contributed by atoms with van der Waals surface area (Å²) in [4.78, 5) is 0. The largest absolute Gasteiger partial charge is 0.0909 e. The molecule has 0 fully saturated rings. The summed E-state index contributed by atoms with van der Waals surface area (Å²) in [5.41, 5.74) is 5.03. The van der Waals surface area contributed by atoms with E-state index < -0.39 is 0 Å². The van der Waals surface area contributed by atoms with Crippen LogP contribution in [0.4, 0.5) is 0 Å². The summed E-state index contributed by atoms with van der Waals surface area (Å²) in [5.74, 6) is 0. The first-order chi connectivity index (χ1) is 5.29. The zero-order valence-electron chi connectivity index (χ0n) is 6.59. The van der Waals surface area contributed by atoms with Crippen molar-refractivity contribution >= 4 is 11.6 Å². The normalized spacial score (nSPS) is 14.6. The zero-order valence-corrected chi connectivity index (χ0v) is 6.59. The predicted octanol–water partition coefficient (Wildman–Crippen LogP) is 3.12. The summed E-state index contributed by atoms with van der Waals surface area (Å²) in [7, 11) is 0. The molecule has 1 aromatic carbocycles. The van der Waals surface area contributed by atoms with E-state index in [2.05, 4.69) is 43.8 Å². The monoisotopic (exact) mass is 142 g/mol. The van der Waals surface area contributed by atoms with Gasteiger partial charge in [0, 0.05) is 0 Å². The molecule has 0 N–H and O–H groups in total. The standard InChI is InChI=1S/C11H10/c1-8-7-10-5-3-4-6-11(10)9(8)2/h3-7H,2H2,1H3. The minimum atomic E-state index is 1.17. The first kappa shape index (κ1) is 6.41. The van der Waals surface area contributed by atoms with Gasteiger partial charge in [0.2, 0.25) is 0 Å². The molecule has 0 heteroatoms. The second kappa shape index (κ2) is 2.09. The Kier molecular flexibility index (Phi) is 1.22. The number of allylic oxidation sites excluding steroid dienone is 2. The first-order valence-electron chi connectivity index (χ1n) is 3.76. The van der Waals surface area contributed by atoms with Crippen LogP contribution in [0.25, 0.3) is 11.6 Å². The number of rotatable bonds is 0. The van der Waals surface area contributed by atoms with E-state index in [-0.39, 0.29) is 0 Å². The van der Waals surface area contributed by atoms with Crippen molar-refractivity contribution in [1.82, 2.24) is 0 Å². The molecular formula is C11H10. The van der Waals surface area contributed by atoms with Crippen LogP contribution in [-0.4, -0.2) is 0 Å². The molecule has 0 saturated carbocycles. The molecule has 0 unspecified atom stereocenters. The second-order valence-electron chi connectivity index (χ2n) is 2.89. The molecule has 11 heavy (non-hydrogen) atoms. The van der Waals surface area contributed by atoms with Crippen LogP contribution >= 0.6 is 0 Å². The highest BCUT2D eigenvalue weighted by Gasteiger charge is 2.11. The summed E-state index contributed by atoms with van der Waals surface area (Å²) in [6.45, 7) is 6.11. The van der Waals surface area contributed by atoms with E-state index in [1.54, 1.807) is 0 Å². The first-order valence-corrected chi connectivity index (χ1v) is 3.76. The molecule has 0 amide bonds. The van der Waals surface area contributed by atoms with Crippen molar-refractivity contribution in [2.24, 2.45) is 0 Å². The van der Waals surface area contributed by atoms with E-state index in [0.29, 0.717) is 0 Å². The molecule has 0 heterocycles. The van der Waals surface area contributed by atoms with Gasteiger partial charge in [0.15, 0.2) is 0 Å². The van der Waals surface area contributed by atoms with Crippen molar-refractivity contribution < 1.29 is 0 Å². The lowest BCUT2D eigenvalue weighted by molar-refractivity contribution is 1.59. The molecule has 0 aliphatic heterocycles. The molecule has 2 rings (SSSR count). The highest BCUT2D eigenvalue weighted by atomic mass is 14.2. The molecule has 54 valence electrons. The van der Waals surface area contributed by atoms with Crippen molar-refractivity contribution in [3.8, 4) is 0 Å². The van der Waals surface area contributed by atoms with Crippen molar-refractivity contribution in [2.75, 3.05) is 0 Å². The fourth-order valence-corrected chi connectivity index (χ4v) is 1.43. The molecule has 0 bridgehead atoms. The third-order valence-electron chi connectivity index (χ3n) is 2.13. The summed E-state index contributed by atoms with van der Waals surface area (Å²) >= 11 is 0. The van der Waals surface area contributed by atoms with Gasteiger partial charge in [-0.2, -0.15) is 0 Å². The van der Waals surface area contributed by atoms with Crippen molar-refractivity contribution in [3.05, 3.63) is 47.5 Å². The van der Waals surface area contributed by atoms with E-state index in [9.17, 15) is 0 Å². The van der Waals surface area contributed by atoms with Gasteiger partial charge < -0.3 is 0 Å². The van der Waals surface area contributed by atoms with Crippen LogP contribution in [0.15, 0.2) is 36.4 Å². The van der Waals surface area contributed by atoms with Gasteiger partial charge in [0.25, 0.3) is 0 Å². The maximum Gasteiger partial charge on any atom is -0.0115 e. The SMILES string of the molecule is C=C1C(C)=Cc2ccccc21. The maximum absolute atomic E-state index is 4.01. The van der Waals surface area contributed by atoms with Crippen molar-refractivity contribution in [3.63, 3.8) is 0 Å². The Labute approximate surface area is 66.9 Å². The third kappa shape index (κ3) is 0.829. The van der Waals surface area contributed by atoms with Gasteiger partial charge in [-0.15, -0.1) is 0 Å². The maximum atomic E-state index is 4.01. The van der Waals surface area contributed by atoms with Crippen molar-refractivity contribution in [1.29, 1.82) is 0 Å². The van der Waals surface area contributed by atoms with E-state index in [1.807, 2.05) is 0 Å². The van der Waals surface area contributed by atoms with Crippen LogP contribution in [0.3, 0.4) is 0 Å². The summed E-state index contributed by atoms with van der Waals surface area (Å²) < 4.78 is 0. The smallest absolute Gasteiger partial charge is 0.0115 e.